The number of anilines is 1. The number of hydrogen-bond acceptors (Lipinski definition) is 1. The second kappa shape index (κ2) is 5.91. The molecule has 0 radical (unpaired) electrons. The standard InChI is InChI=1S/C13H9BrCl2FN/c14-9-2-1-8(12(17)5-9)7-18-13-6-10(15)3-4-11(13)16/h1-6,18H,7H2. The fourth-order valence-corrected chi connectivity index (χ4v) is 2.18. The quantitative estimate of drug-likeness (QED) is 0.771. The van der Waals surface area contributed by atoms with Crippen LogP contribution in [0.4, 0.5) is 10.1 Å². The van der Waals surface area contributed by atoms with Crippen molar-refractivity contribution in [3.8, 4) is 0 Å². The lowest BCUT2D eigenvalue weighted by Crippen LogP contribution is -2.02. The Bertz CT molecular complexity index is 575. The minimum Gasteiger partial charge on any atom is -0.380 e. The average Bonchev–Trinajstić information content (AvgIpc) is 2.32. The van der Waals surface area contributed by atoms with Gasteiger partial charge < -0.3 is 5.32 Å². The van der Waals surface area contributed by atoms with Gasteiger partial charge in [0.1, 0.15) is 5.82 Å². The molecule has 94 valence electrons. The number of nitrogens with one attached hydrogen (secondary N) is 1. The van der Waals surface area contributed by atoms with Crippen molar-refractivity contribution < 1.29 is 4.39 Å². The molecule has 0 amide bonds. The minimum absolute atomic E-state index is 0.268. The van der Waals surface area contributed by atoms with E-state index in [0.717, 1.165) is 0 Å². The minimum atomic E-state index is -0.268. The maximum atomic E-state index is 13.6. The van der Waals surface area contributed by atoms with Crippen LogP contribution in [-0.2, 0) is 6.54 Å². The maximum absolute atomic E-state index is 13.6. The summed E-state index contributed by atoms with van der Waals surface area (Å²) in [6, 6.07) is 10.0. The third kappa shape index (κ3) is 3.37. The van der Waals surface area contributed by atoms with Crippen LogP contribution in [0.2, 0.25) is 10.0 Å². The maximum Gasteiger partial charge on any atom is 0.129 e. The highest BCUT2D eigenvalue weighted by Gasteiger charge is 2.05. The fourth-order valence-electron chi connectivity index (χ4n) is 1.49. The molecular formula is C13H9BrCl2FN. The summed E-state index contributed by atoms with van der Waals surface area (Å²) in [6.45, 7) is 0.346. The van der Waals surface area contributed by atoms with E-state index in [9.17, 15) is 4.39 Å². The molecule has 0 aliphatic rings. The predicted molar refractivity (Wildman–Crippen MR) is 77.9 cm³/mol. The first-order chi connectivity index (χ1) is 8.56. The number of benzene rings is 2. The van der Waals surface area contributed by atoms with Crippen LogP contribution in [0.15, 0.2) is 40.9 Å². The highest BCUT2D eigenvalue weighted by atomic mass is 79.9. The van der Waals surface area contributed by atoms with Crippen LogP contribution in [0.25, 0.3) is 0 Å². The van der Waals surface area contributed by atoms with E-state index in [0.29, 0.717) is 32.3 Å². The van der Waals surface area contributed by atoms with Gasteiger partial charge in [0, 0.05) is 21.6 Å². The van der Waals surface area contributed by atoms with E-state index in [2.05, 4.69) is 21.2 Å². The van der Waals surface area contributed by atoms with Gasteiger partial charge in [-0.1, -0.05) is 45.2 Å². The highest BCUT2D eigenvalue weighted by Crippen LogP contribution is 2.26. The molecule has 0 bridgehead atoms. The zero-order valence-electron chi connectivity index (χ0n) is 9.18. The van der Waals surface area contributed by atoms with E-state index >= 15 is 0 Å². The molecule has 2 aromatic carbocycles. The fraction of sp³-hybridized carbons (Fsp3) is 0.0769. The first-order valence-corrected chi connectivity index (χ1v) is 6.74. The van der Waals surface area contributed by atoms with Crippen molar-refractivity contribution in [1.82, 2.24) is 0 Å². The molecule has 18 heavy (non-hydrogen) atoms. The van der Waals surface area contributed by atoms with Gasteiger partial charge in [-0.05, 0) is 30.3 Å². The molecule has 1 N–H and O–H groups in total. The molecule has 0 spiro atoms. The summed E-state index contributed by atoms with van der Waals surface area (Å²) in [5.74, 6) is -0.268. The van der Waals surface area contributed by atoms with Crippen molar-refractivity contribution in [2.45, 2.75) is 6.54 Å². The molecule has 0 aliphatic carbocycles. The molecule has 0 aliphatic heterocycles. The second-order valence-corrected chi connectivity index (χ2v) is 5.47. The van der Waals surface area contributed by atoms with Crippen molar-refractivity contribution in [2.75, 3.05) is 5.32 Å². The van der Waals surface area contributed by atoms with E-state index in [1.54, 1.807) is 30.3 Å². The molecule has 5 heteroatoms. The van der Waals surface area contributed by atoms with Gasteiger partial charge in [-0.15, -0.1) is 0 Å². The van der Waals surface area contributed by atoms with E-state index in [1.165, 1.54) is 6.07 Å². The molecule has 0 fully saturated rings. The Kier molecular flexibility index (Phi) is 4.49. The lowest BCUT2D eigenvalue weighted by molar-refractivity contribution is 0.612. The number of halogens is 4. The van der Waals surface area contributed by atoms with Crippen LogP contribution in [-0.4, -0.2) is 0 Å². The Balaban J connectivity index is 2.13. The Morgan fingerprint density at radius 3 is 2.61 bits per heavy atom. The molecule has 0 saturated carbocycles. The third-order valence-corrected chi connectivity index (χ3v) is 3.47. The van der Waals surface area contributed by atoms with Crippen molar-refractivity contribution >= 4 is 44.8 Å². The zero-order valence-corrected chi connectivity index (χ0v) is 12.3. The van der Waals surface area contributed by atoms with Crippen LogP contribution in [0, 0.1) is 5.82 Å². The average molecular weight is 349 g/mol. The second-order valence-electron chi connectivity index (χ2n) is 3.71. The van der Waals surface area contributed by atoms with E-state index in [1.807, 2.05) is 0 Å². The summed E-state index contributed by atoms with van der Waals surface area (Å²) in [5.41, 5.74) is 1.25. The molecule has 0 unspecified atom stereocenters. The lowest BCUT2D eigenvalue weighted by atomic mass is 10.2. The molecule has 0 heterocycles. The summed E-state index contributed by atoms with van der Waals surface area (Å²) >= 11 is 15.1. The van der Waals surface area contributed by atoms with Crippen LogP contribution in [0.5, 0.6) is 0 Å². The van der Waals surface area contributed by atoms with E-state index in [-0.39, 0.29) is 5.82 Å². The summed E-state index contributed by atoms with van der Waals surface area (Å²) in [6.07, 6.45) is 0. The molecule has 2 aromatic rings. The molecule has 0 saturated heterocycles. The topological polar surface area (TPSA) is 12.0 Å². The van der Waals surface area contributed by atoms with Crippen LogP contribution < -0.4 is 5.32 Å². The highest BCUT2D eigenvalue weighted by molar-refractivity contribution is 9.10. The van der Waals surface area contributed by atoms with Crippen molar-refractivity contribution in [2.24, 2.45) is 0 Å². The van der Waals surface area contributed by atoms with Gasteiger partial charge in [0.15, 0.2) is 0 Å². The van der Waals surface area contributed by atoms with Crippen molar-refractivity contribution in [3.05, 3.63) is 62.3 Å². The Morgan fingerprint density at radius 2 is 1.89 bits per heavy atom. The summed E-state index contributed by atoms with van der Waals surface area (Å²) in [5, 5.41) is 4.19. The first kappa shape index (κ1) is 13.7. The summed E-state index contributed by atoms with van der Waals surface area (Å²) in [4.78, 5) is 0. The van der Waals surface area contributed by atoms with Gasteiger partial charge in [0.2, 0.25) is 0 Å². The molecule has 0 aromatic heterocycles. The van der Waals surface area contributed by atoms with Gasteiger partial charge in [-0.25, -0.2) is 4.39 Å². The molecule has 1 nitrogen and oxygen atoms in total. The molecular weight excluding hydrogens is 340 g/mol. The zero-order chi connectivity index (χ0) is 13.1. The monoisotopic (exact) mass is 347 g/mol. The lowest BCUT2D eigenvalue weighted by Gasteiger charge is -2.09. The first-order valence-electron chi connectivity index (χ1n) is 5.19. The van der Waals surface area contributed by atoms with Gasteiger partial charge in [0.25, 0.3) is 0 Å². The van der Waals surface area contributed by atoms with Crippen molar-refractivity contribution in [3.63, 3.8) is 0 Å². The number of rotatable bonds is 3. The van der Waals surface area contributed by atoms with Crippen LogP contribution >= 0.6 is 39.1 Å². The Hall–Kier alpha value is -0.770. The summed E-state index contributed by atoms with van der Waals surface area (Å²) in [7, 11) is 0. The third-order valence-electron chi connectivity index (χ3n) is 2.41. The largest absolute Gasteiger partial charge is 0.380 e. The SMILES string of the molecule is Fc1cc(Br)ccc1CNc1cc(Cl)ccc1Cl. The normalized spacial score (nSPS) is 10.4. The molecule has 0 atom stereocenters. The van der Waals surface area contributed by atoms with Crippen LogP contribution in [0.1, 0.15) is 5.56 Å². The Morgan fingerprint density at radius 1 is 1.11 bits per heavy atom. The van der Waals surface area contributed by atoms with Gasteiger partial charge in [0.05, 0.1) is 10.7 Å². The van der Waals surface area contributed by atoms with E-state index < -0.39 is 0 Å². The Labute approximate surface area is 123 Å². The van der Waals surface area contributed by atoms with Gasteiger partial charge in [-0.3, -0.25) is 0 Å². The molecule has 2 rings (SSSR count). The number of hydrogen-bond donors (Lipinski definition) is 1. The smallest absolute Gasteiger partial charge is 0.129 e. The van der Waals surface area contributed by atoms with E-state index in [4.69, 9.17) is 23.2 Å². The van der Waals surface area contributed by atoms with Crippen LogP contribution in [0.3, 0.4) is 0 Å². The van der Waals surface area contributed by atoms with Gasteiger partial charge in [-0.2, -0.15) is 0 Å². The van der Waals surface area contributed by atoms with Gasteiger partial charge >= 0.3 is 0 Å². The van der Waals surface area contributed by atoms with Crippen molar-refractivity contribution in [1.29, 1.82) is 0 Å². The predicted octanol–water partition coefficient (Wildman–Crippen LogP) is 5.51. The summed E-state index contributed by atoms with van der Waals surface area (Å²) < 4.78 is 14.3.